The average molecular weight is 279 g/mol. The molecule has 0 aliphatic heterocycles. The molecule has 0 unspecified atom stereocenters. The first-order valence-corrected chi connectivity index (χ1v) is 5.95. The van der Waals surface area contributed by atoms with Crippen molar-refractivity contribution in [3.63, 3.8) is 0 Å². The van der Waals surface area contributed by atoms with Crippen molar-refractivity contribution in [3.8, 4) is 0 Å². The zero-order valence-electron chi connectivity index (χ0n) is 10.2. The summed E-state index contributed by atoms with van der Waals surface area (Å²) in [5.74, 6) is 0. The van der Waals surface area contributed by atoms with Crippen LogP contribution >= 0.6 is 11.6 Å². The standard InChI is InChI=1S/C13H11ClN2O3/c1-9-10(3-2-4-12(9)16(18)19)8-15-6-5-11(14)7-13(15)17/h2-7H,8H2,1H3. The molecule has 1 heterocycles. The van der Waals surface area contributed by atoms with Crippen LogP contribution in [0, 0.1) is 17.0 Å². The highest BCUT2D eigenvalue weighted by Gasteiger charge is 2.13. The van der Waals surface area contributed by atoms with Crippen LogP contribution in [0.25, 0.3) is 0 Å². The highest BCUT2D eigenvalue weighted by Crippen LogP contribution is 2.21. The van der Waals surface area contributed by atoms with E-state index in [-0.39, 0.29) is 17.8 Å². The number of nitro benzene ring substituents is 1. The molecule has 0 N–H and O–H groups in total. The predicted octanol–water partition coefficient (Wildman–Crippen LogP) is 2.77. The Balaban J connectivity index is 2.41. The lowest BCUT2D eigenvalue weighted by Crippen LogP contribution is -2.19. The molecule has 0 aliphatic carbocycles. The average Bonchev–Trinajstić information content (AvgIpc) is 2.34. The lowest BCUT2D eigenvalue weighted by molar-refractivity contribution is -0.385. The first kappa shape index (κ1) is 13.3. The number of hydrogen-bond acceptors (Lipinski definition) is 3. The number of aromatic nitrogens is 1. The lowest BCUT2D eigenvalue weighted by Gasteiger charge is -2.08. The van der Waals surface area contributed by atoms with Crippen LogP contribution in [-0.2, 0) is 6.54 Å². The maximum absolute atomic E-state index is 11.7. The van der Waals surface area contributed by atoms with Gasteiger partial charge in [-0.3, -0.25) is 14.9 Å². The third-order valence-corrected chi connectivity index (χ3v) is 3.15. The molecule has 0 atom stereocenters. The van der Waals surface area contributed by atoms with Crippen molar-refractivity contribution in [2.75, 3.05) is 0 Å². The van der Waals surface area contributed by atoms with Gasteiger partial charge in [0.2, 0.25) is 0 Å². The van der Waals surface area contributed by atoms with Crippen LogP contribution in [-0.4, -0.2) is 9.49 Å². The molecule has 0 radical (unpaired) electrons. The number of nitro groups is 1. The summed E-state index contributed by atoms with van der Waals surface area (Å²) in [7, 11) is 0. The zero-order chi connectivity index (χ0) is 14.0. The van der Waals surface area contributed by atoms with Crippen molar-refractivity contribution in [2.45, 2.75) is 13.5 Å². The minimum Gasteiger partial charge on any atom is -0.311 e. The van der Waals surface area contributed by atoms with Crippen molar-refractivity contribution in [1.82, 2.24) is 4.57 Å². The van der Waals surface area contributed by atoms with Gasteiger partial charge in [-0.05, 0) is 18.6 Å². The van der Waals surface area contributed by atoms with Gasteiger partial charge < -0.3 is 4.57 Å². The Morgan fingerprint density at radius 1 is 1.37 bits per heavy atom. The molecule has 2 aromatic rings. The van der Waals surface area contributed by atoms with Gasteiger partial charge in [0, 0.05) is 28.9 Å². The summed E-state index contributed by atoms with van der Waals surface area (Å²) in [6.45, 7) is 1.96. The minimum absolute atomic E-state index is 0.0551. The van der Waals surface area contributed by atoms with Gasteiger partial charge in [0.25, 0.3) is 11.2 Å². The Morgan fingerprint density at radius 2 is 2.11 bits per heavy atom. The molecular weight excluding hydrogens is 268 g/mol. The van der Waals surface area contributed by atoms with Gasteiger partial charge in [-0.1, -0.05) is 23.7 Å². The summed E-state index contributed by atoms with van der Waals surface area (Å²) in [4.78, 5) is 22.1. The van der Waals surface area contributed by atoms with Crippen LogP contribution in [0.3, 0.4) is 0 Å². The van der Waals surface area contributed by atoms with E-state index in [1.807, 2.05) is 0 Å². The Hall–Kier alpha value is -2.14. The number of halogens is 1. The van der Waals surface area contributed by atoms with Crippen molar-refractivity contribution in [2.24, 2.45) is 0 Å². The van der Waals surface area contributed by atoms with Gasteiger partial charge in [0.1, 0.15) is 0 Å². The number of nitrogens with zero attached hydrogens (tertiary/aromatic N) is 2. The smallest absolute Gasteiger partial charge is 0.272 e. The Labute approximate surface area is 114 Å². The van der Waals surface area contributed by atoms with Gasteiger partial charge in [-0.25, -0.2) is 0 Å². The van der Waals surface area contributed by atoms with Crippen molar-refractivity contribution < 1.29 is 4.92 Å². The zero-order valence-corrected chi connectivity index (χ0v) is 10.9. The monoisotopic (exact) mass is 278 g/mol. The molecule has 0 saturated heterocycles. The largest absolute Gasteiger partial charge is 0.311 e. The highest BCUT2D eigenvalue weighted by atomic mass is 35.5. The highest BCUT2D eigenvalue weighted by molar-refractivity contribution is 6.30. The van der Waals surface area contributed by atoms with E-state index in [1.165, 1.54) is 16.7 Å². The second kappa shape index (κ2) is 5.24. The molecule has 1 aromatic heterocycles. The fraction of sp³-hybridized carbons (Fsp3) is 0.154. The number of pyridine rings is 1. The first-order valence-electron chi connectivity index (χ1n) is 5.58. The first-order chi connectivity index (χ1) is 8.99. The molecule has 0 saturated carbocycles. The van der Waals surface area contributed by atoms with Crippen LogP contribution in [0.5, 0.6) is 0 Å². The maximum Gasteiger partial charge on any atom is 0.272 e. The van der Waals surface area contributed by atoms with E-state index in [2.05, 4.69) is 0 Å². The predicted molar refractivity (Wildman–Crippen MR) is 72.6 cm³/mol. The van der Waals surface area contributed by atoms with E-state index in [4.69, 9.17) is 11.6 Å². The number of rotatable bonds is 3. The van der Waals surface area contributed by atoms with E-state index in [0.29, 0.717) is 10.6 Å². The summed E-state index contributed by atoms with van der Waals surface area (Å²) < 4.78 is 1.46. The fourth-order valence-electron chi connectivity index (χ4n) is 1.84. The van der Waals surface area contributed by atoms with Gasteiger partial charge in [0.05, 0.1) is 11.5 Å². The van der Waals surface area contributed by atoms with Gasteiger partial charge in [0.15, 0.2) is 0 Å². The molecule has 0 spiro atoms. The van der Waals surface area contributed by atoms with Crippen LogP contribution < -0.4 is 5.56 Å². The van der Waals surface area contributed by atoms with Crippen LogP contribution in [0.15, 0.2) is 41.3 Å². The van der Waals surface area contributed by atoms with Gasteiger partial charge in [-0.2, -0.15) is 0 Å². The minimum atomic E-state index is -0.427. The van der Waals surface area contributed by atoms with Crippen LogP contribution in [0.1, 0.15) is 11.1 Å². The molecule has 6 heteroatoms. The molecule has 0 aliphatic rings. The number of hydrogen-bond donors (Lipinski definition) is 0. The normalized spacial score (nSPS) is 10.4. The number of benzene rings is 1. The van der Waals surface area contributed by atoms with E-state index >= 15 is 0 Å². The maximum atomic E-state index is 11.7. The molecule has 19 heavy (non-hydrogen) atoms. The van der Waals surface area contributed by atoms with E-state index in [9.17, 15) is 14.9 Å². The van der Waals surface area contributed by atoms with Crippen molar-refractivity contribution in [3.05, 3.63) is 73.1 Å². The molecule has 0 amide bonds. The van der Waals surface area contributed by atoms with E-state index in [1.54, 1.807) is 31.3 Å². The summed E-state index contributed by atoms with van der Waals surface area (Å²) in [5, 5.41) is 11.2. The van der Waals surface area contributed by atoms with Crippen molar-refractivity contribution >= 4 is 17.3 Å². The Kier molecular flexibility index (Phi) is 3.66. The SMILES string of the molecule is Cc1c(Cn2ccc(Cl)cc2=O)cccc1[N+](=O)[O-]. The molecular formula is C13H11ClN2O3. The molecule has 0 bridgehead atoms. The summed E-state index contributed by atoms with van der Waals surface area (Å²) in [5.41, 5.74) is 1.12. The topological polar surface area (TPSA) is 65.1 Å². The Bertz CT molecular complexity index is 695. The third-order valence-electron chi connectivity index (χ3n) is 2.91. The summed E-state index contributed by atoms with van der Waals surface area (Å²) in [6.07, 6.45) is 1.57. The van der Waals surface area contributed by atoms with Gasteiger partial charge in [-0.15, -0.1) is 0 Å². The molecule has 98 valence electrons. The van der Waals surface area contributed by atoms with Crippen LogP contribution in [0.4, 0.5) is 5.69 Å². The summed E-state index contributed by atoms with van der Waals surface area (Å²) in [6, 6.07) is 7.75. The third kappa shape index (κ3) is 2.82. The van der Waals surface area contributed by atoms with E-state index < -0.39 is 4.92 Å². The molecule has 0 fully saturated rings. The lowest BCUT2D eigenvalue weighted by atomic mass is 10.1. The molecule has 2 rings (SSSR count). The second-order valence-electron chi connectivity index (χ2n) is 4.13. The fourth-order valence-corrected chi connectivity index (χ4v) is 1.99. The van der Waals surface area contributed by atoms with Crippen LogP contribution in [0.2, 0.25) is 5.02 Å². The molecule has 5 nitrogen and oxygen atoms in total. The van der Waals surface area contributed by atoms with Crippen molar-refractivity contribution in [1.29, 1.82) is 0 Å². The summed E-state index contributed by atoms with van der Waals surface area (Å²) >= 11 is 5.72. The van der Waals surface area contributed by atoms with Gasteiger partial charge >= 0.3 is 0 Å². The molecule has 1 aromatic carbocycles. The second-order valence-corrected chi connectivity index (χ2v) is 4.57. The quantitative estimate of drug-likeness (QED) is 0.640. The van der Waals surface area contributed by atoms with E-state index in [0.717, 1.165) is 5.56 Å². The Morgan fingerprint density at radius 3 is 2.74 bits per heavy atom.